The van der Waals surface area contributed by atoms with E-state index in [2.05, 4.69) is 10.1 Å². The maximum Gasteiger partial charge on any atom is 0.286 e. The summed E-state index contributed by atoms with van der Waals surface area (Å²) in [6, 6.07) is 7.78. The molecule has 0 saturated heterocycles. The Hall–Kier alpha value is -2.09. The normalized spacial score (nSPS) is 11.5. The molecule has 8 heteroatoms. The van der Waals surface area contributed by atoms with Crippen LogP contribution in [0.15, 0.2) is 35.2 Å². The number of hydrogen-bond acceptors (Lipinski definition) is 6. The first-order valence-corrected chi connectivity index (χ1v) is 5.74. The monoisotopic (exact) mass is 239 g/mol. The summed E-state index contributed by atoms with van der Waals surface area (Å²) in [4.78, 5) is 3.61. The molecule has 16 heavy (non-hydrogen) atoms. The van der Waals surface area contributed by atoms with E-state index in [-0.39, 0.29) is 16.8 Å². The van der Waals surface area contributed by atoms with Crippen molar-refractivity contribution in [3.8, 4) is 0 Å². The minimum atomic E-state index is -3.81. The van der Waals surface area contributed by atoms with E-state index in [9.17, 15) is 8.42 Å². The molecule has 2 rings (SSSR count). The van der Waals surface area contributed by atoms with Crippen LogP contribution in [-0.4, -0.2) is 22.6 Å². The molecule has 0 radical (unpaired) electrons. The lowest BCUT2D eigenvalue weighted by molar-refractivity contribution is 0.581. The smallest absolute Gasteiger partial charge is 0.286 e. The van der Waals surface area contributed by atoms with E-state index in [1.165, 1.54) is 12.1 Å². The maximum absolute atomic E-state index is 12.0. The van der Waals surface area contributed by atoms with Crippen LogP contribution in [0.2, 0.25) is 0 Å². The van der Waals surface area contributed by atoms with Gasteiger partial charge < -0.3 is 11.5 Å². The van der Waals surface area contributed by atoms with Crippen LogP contribution in [-0.2, 0) is 10.0 Å². The molecule has 1 heterocycles. The SMILES string of the molecule is Nc1nc(N)n(S(=O)(=O)c2ccccc2)n1. The minimum absolute atomic E-state index is 0.0756. The third-order valence-corrected chi connectivity index (χ3v) is 3.48. The number of nitrogen functional groups attached to an aromatic ring is 2. The van der Waals surface area contributed by atoms with Crippen molar-refractivity contribution in [3.05, 3.63) is 30.3 Å². The van der Waals surface area contributed by atoms with Gasteiger partial charge in [-0.3, -0.25) is 0 Å². The van der Waals surface area contributed by atoms with E-state index in [1.807, 2.05) is 0 Å². The molecule has 7 nitrogen and oxygen atoms in total. The molecule has 0 spiro atoms. The van der Waals surface area contributed by atoms with Crippen molar-refractivity contribution in [2.45, 2.75) is 4.90 Å². The Kier molecular flexibility index (Phi) is 2.27. The Balaban J connectivity index is 2.61. The lowest BCUT2D eigenvalue weighted by Crippen LogP contribution is -2.17. The zero-order valence-corrected chi connectivity index (χ0v) is 8.92. The summed E-state index contributed by atoms with van der Waals surface area (Å²) in [6.07, 6.45) is 0. The van der Waals surface area contributed by atoms with Crippen molar-refractivity contribution < 1.29 is 8.42 Å². The molecule has 0 atom stereocenters. The number of rotatable bonds is 2. The molecule has 0 amide bonds. The minimum Gasteiger partial charge on any atom is -0.367 e. The second kappa shape index (κ2) is 3.49. The van der Waals surface area contributed by atoms with E-state index in [0.717, 1.165) is 0 Å². The first kappa shape index (κ1) is 10.4. The quantitative estimate of drug-likeness (QED) is 0.741. The average molecular weight is 239 g/mol. The fraction of sp³-hybridized carbons (Fsp3) is 0. The summed E-state index contributed by atoms with van der Waals surface area (Å²) >= 11 is 0. The lowest BCUT2D eigenvalue weighted by atomic mass is 10.4. The standard InChI is InChI=1S/C8H9N5O2S/c9-7-11-8(10)13(12-7)16(14,15)6-4-2-1-3-5-6/h1-5H,(H4,9,10,11,12). The highest BCUT2D eigenvalue weighted by atomic mass is 32.2. The molecule has 0 aliphatic rings. The summed E-state index contributed by atoms with van der Waals surface area (Å²) in [7, 11) is -3.81. The summed E-state index contributed by atoms with van der Waals surface area (Å²) in [5.74, 6) is -0.446. The molecule has 0 unspecified atom stereocenters. The van der Waals surface area contributed by atoms with Crippen molar-refractivity contribution in [1.29, 1.82) is 0 Å². The van der Waals surface area contributed by atoms with Gasteiger partial charge in [0, 0.05) is 0 Å². The first-order valence-electron chi connectivity index (χ1n) is 4.30. The van der Waals surface area contributed by atoms with E-state index in [1.54, 1.807) is 18.2 Å². The molecule has 0 fully saturated rings. The van der Waals surface area contributed by atoms with Crippen molar-refractivity contribution >= 4 is 21.9 Å². The molecule has 1 aromatic heterocycles. The highest BCUT2D eigenvalue weighted by Gasteiger charge is 2.21. The van der Waals surface area contributed by atoms with Crippen molar-refractivity contribution in [3.63, 3.8) is 0 Å². The summed E-state index contributed by atoms with van der Waals surface area (Å²) in [5, 5.41) is 3.53. The van der Waals surface area contributed by atoms with Crippen LogP contribution >= 0.6 is 0 Å². The van der Waals surface area contributed by atoms with Crippen LogP contribution in [0.3, 0.4) is 0 Å². The van der Waals surface area contributed by atoms with Gasteiger partial charge in [-0.2, -0.15) is 13.4 Å². The third kappa shape index (κ3) is 1.58. The molecular formula is C8H9N5O2S. The van der Waals surface area contributed by atoms with Gasteiger partial charge in [-0.05, 0) is 12.1 Å². The van der Waals surface area contributed by atoms with Gasteiger partial charge in [0.2, 0.25) is 11.9 Å². The van der Waals surface area contributed by atoms with Gasteiger partial charge in [-0.25, -0.2) is 0 Å². The van der Waals surface area contributed by atoms with Crippen LogP contribution in [0, 0.1) is 0 Å². The maximum atomic E-state index is 12.0. The zero-order chi connectivity index (χ0) is 11.8. The Morgan fingerprint density at radius 2 is 1.75 bits per heavy atom. The highest BCUT2D eigenvalue weighted by Crippen LogP contribution is 2.15. The average Bonchev–Trinajstić information content (AvgIpc) is 2.60. The van der Waals surface area contributed by atoms with Crippen LogP contribution < -0.4 is 11.5 Å². The summed E-state index contributed by atoms with van der Waals surface area (Å²) in [5.41, 5.74) is 10.7. The second-order valence-corrected chi connectivity index (χ2v) is 4.76. The summed E-state index contributed by atoms with van der Waals surface area (Å²) in [6.45, 7) is 0. The van der Waals surface area contributed by atoms with Gasteiger partial charge >= 0.3 is 0 Å². The highest BCUT2D eigenvalue weighted by molar-refractivity contribution is 7.90. The largest absolute Gasteiger partial charge is 0.367 e. The van der Waals surface area contributed by atoms with E-state index >= 15 is 0 Å². The van der Waals surface area contributed by atoms with Crippen LogP contribution in [0.1, 0.15) is 0 Å². The topological polar surface area (TPSA) is 117 Å². The fourth-order valence-electron chi connectivity index (χ4n) is 1.20. The molecule has 4 N–H and O–H groups in total. The summed E-state index contributed by atoms with van der Waals surface area (Å²) < 4.78 is 24.6. The molecule has 0 bridgehead atoms. The van der Waals surface area contributed by atoms with Crippen LogP contribution in [0.4, 0.5) is 11.9 Å². The molecule has 0 saturated carbocycles. The predicted molar refractivity (Wildman–Crippen MR) is 57.9 cm³/mol. The number of hydrogen-bond donors (Lipinski definition) is 2. The number of nitrogens with two attached hydrogens (primary N) is 2. The first-order chi connectivity index (χ1) is 7.51. The van der Waals surface area contributed by atoms with Gasteiger partial charge in [0.1, 0.15) is 0 Å². The van der Waals surface area contributed by atoms with Crippen molar-refractivity contribution in [2.24, 2.45) is 0 Å². The molecule has 0 aliphatic carbocycles. The van der Waals surface area contributed by atoms with E-state index in [4.69, 9.17) is 11.5 Å². The van der Waals surface area contributed by atoms with Gasteiger partial charge in [0.15, 0.2) is 0 Å². The van der Waals surface area contributed by atoms with Gasteiger partial charge in [0.25, 0.3) is 10.0 Å². The fourth-order valence-corrected chi connectivity index (χ4v) is 2.37. The third-order valence-electron chi connectivity index (χ3n) is 1.89. The van der Waals surface area contributed by atoms with Gasteiger partial charge in [0.05, 0.1) is 4.90 Å². The lowest BCUT2D eigenvalue weighted by Gasteiger charge is -2.03. The molecule has 84 valence electrons. The Morgan fingerprint density at radius 3 is 2.25 bits per heavy atom. The number of nitrogens with zero attached hydrogens (tertiary/aromatic N) is 3. The number of aromatic nitrogens is 3. The van der Waals surface area contributed by atoms with Crippen LogP contribution in [0.5, 0.6) is 0 Å². The van der Waals surface area contributed by atoms with E-state index in [0.29, 0.717) is 4.09 Å². The van der Waals surface area contributed by atoms with Crippen molar-refractivity contribution in [1.82, 2.24) is 14.2 Å². The molecule has 0 aliphatic heterocycles. The number of anilines is 2. The van der Waals surface area contributed by atoms with Crippen molar-refractivity contribution in [2.75, 3.05) is 11.5 Å². The zero-order valence-electron chi connectivity index (χ0n) is 8.11. The van der Waals surface area contributed by atoms with Gasteiger partial charge in [-0.15, -0.1) is 9.19 Å². The Labute approximate surface area is 91.8 Å². The Bertz CT molecular complexity index is 605. The molecule has 1 aromatic carbocycles. The Morgan fingerprint density at radius 1 is 1.12 bits per heavy atom. The molecular weight excluding hydrogens is 230 g/mol. The van der Waals surface area contributed by atoms with Gasteiger partial charge in [-0.1, -0.05) is 18.2 Å². The second-order valence-electron chi connectivity index (χ2n) is 2.99. The van der Waals surface area contributed by atoms with Crippen LogP contribution in [0.25, 0.3) is 0 Å². The predicted octanol–water partition coefficient (Wildman–Crippen LogP) is -0.321. The molecule has 2 aromatic rings. The number of benzene rings is 1. The van der Waals surface area contributed by atoms with E-state index < -0.39 is 10.0 Å².